The van der Waals surface area contributed by atoms with E-state index in [-0.39, 0.29) is 24.2 Å². The first-order valence-corrected chi connectivity index (χ1v) is 9.77. The van der Waals surface area contributed by atoms with Gasteiger partial charge in [0.2, 0.25) is 11.8 Å². The van der Waals surface area contributed by atoms with Crippen molar-refractivity contribution in [1.29, 1.82) is 0 Å². The topological polar surface area (TPSA) is 73.6 Å². The van der Waals surface area contributed by atoms with Crippen molar-refractivity contribution in [1.82, 2.24) is 5.16 Å². The van der Waals surface area contributed by atoms with Gasteiger partial charge >= 0.3 is 0 Å². The molecule has 3 aromatic rings. The van der Waals surface area contributed by atoms with Crippen molar-refractivity contribution in [2.45, 2.75) is 11.5 Å². The minimum atomic E-state index is -0.198. The molecule has 0 unspecified atom stereocenters. The summed E-state index contributed by atoms with van der Waals surface area (Å²) in [6.07, 6.45) is 0. The van der Waals surface area contributed by atoms with Gasteiger partial charge < -0.3 is 14.0 Å². The summed E-state index contributed by atoms with van der Waals surface area (Å²) in [7, 11) is 3.19. The molecule has 0 bridgehead atoms. The summed E-state index contributed by atoms with van der Waals surface area (Å²) in [5.74, 6) is 1.09. The van der Waals surface area contributed by atoms with Gasteiger partial charge in [-0.15, -0.1) is 11.8 Å². The fourth-order valence-electron chi connectivity index (χ4n) is 2.54. The number of aromatic nitrogens is 1. The number of rotatable bonds is 8. The van der Waals surface area contributed by atoms with Gasteiger partial charge in [0.05, 0.1) is 25.0 Å². The average molecular weight is 419 g/mol. The van der Waals surface area contributed by atoms with Gasteiger partial charge in [0.1, 0.15) is 11.4 Å². The Morgan fingerprint density at radius 3 is 2.50 bits per heavy atom. The van der Waals surface area contributed by atoms with Gasteiger partial charge in [0.25, 0.3) is 0 Å². The lowest BCUT2D eigenvalue weighted by atomic mass is 10.1. The summed E-state index contributed by atoms with van der Waals surface area (Å²) >= 11 is 7.39. The highest BCUT2D eigenvalue weighted by molar-refractivity contribution is 8.00. The Hall–Kier alpha value is -2.48. The second-order valence-electron chi connectivity index (χ2n) is 5.79. The largest absolute Gasteiger partial charge is 0.497 e. The van der Waals surface area contributed by atoms with Crippen molar-refractivity contribution in [3.05, 3.63) is 59.2 Å². The maximum absolute atomic E-state index is 12.4. The molecular formula is C20H19ClN2O4S. The van der Waals surface area contributed by atoms with Crippen LogP contribution >= 0.6 is 23.4 Å². The molecule has 6 nitrogen and oxygen atoms in total. The molecule has 0 aliphatic carbocycles. The third-order valence-corrected chi connectivity index (χ3v) is 5.12. The van der Waals surface area contributed by atoms with Crippen LogP contribution in [0.3, 0.4) is 0 Å². The van der Waals surface area contributed by atoms with Crippen LogP contribution in [0.4, 0.5) is 5.88 Å². The maximum Gasteiger partial charge on any atom is 0.239 e. The standard InChI is InChI=1S/C20H19ClN2O4S/c1-25-11-17-19(13-3-5-14(21)6-4-13)20(27-23-17)22-18(24)12-28-16-9-7-15(26-2)8-10-16/h3-10H,11-12H2,1-2H3,(H,22,24). The molecule has 2 aromatic carbocycles. The van der Waals surface area contributed by atoms with Crippen molar-refractivity contribution in [2.75, 3.05) is 25.3 Å². The highest BCUT2D eigenvalue weighted by atomic mass is 35.5. The summed E-state index contributed by atoms with van der Waals surface area (Å²) in [4.78, 5) is 13.4. The van der Waals surface area contributed by atoms with E-state index in [9.17, 15) is 4.79 Å². The molecule has 146 valence electrons. The number of halogens is 1. The average Bonchev–Trinajstić information content (AvgIpc) is 3.10. The molecule has 8 heteroatoms. The molecule has 0 aliphatic rings. The van der Waals surface area contributed by atoms with E-state index < -0.39 is 0 Å². The van der Waals surface area contributed by atoms with E-state index in [4.69, 9.17) is 25.6 Å². The fraction of sp³-hybridized carbons (Fsp3) is 0.200. The molecule has 0 saturated heterocycles. The number of methoxy groups -OCH3 is 2. The molecule has 0 fully saturated rings. The number of hydrogen-bond donors (Lipinski definition) is 1. The number of benzene rings is 2. The van der Waals surface area contributed by atoms with Crippen LogP contribution in [0.2, 0.25) is 5.02 Å². The molecule has 0 spiro atoms. The van der Waals surface area contributed by atoms with Crippen molar-refractivity contribution in [3.8, 4) is 16.9 Å². The van der Waals surface area contributed by atoms with Gasteiger partial charge in [-0.25, -0.2) is 0 Å². The SMILES string of the molecule is COCc1noc(NC(=O)CSc2ccc(OC)cc2)c1-c1ccc(Cl)cc1. The van der Waals surface area contributed by atoms with Gasteiger partial charge in [-0.05, 0) is 42.0 Å². The van der Waals surface area contributed by atoms with Crippen LogP contribution in [0.25, 0.3) is 11.1 Å². The summed E-state index contributed by atoms with van der Waals surface area (Å²) in [6.45, 7) is 0.262. The van der Waals surface area contributed by atoms with Gasteiger partial charge in [0, 0.05) is 17.0 Å². The normalized spacial score (nSPS) is 10.7. The second kappa shape index (κ2) is 9.64. The molecule has 0 radical (unpaired) electrons. The van der Waals surface area contributed by atoms with Crippen molar-refractivity contribution < 1.29 is 18.8 Å². The minimum Gasteiger partial charge on any atom is -0.497 e. The second-order valence-corrected chi connectivity index (χ2v) is 7.27. The number of thioether (sulfide) groups is 1. The quantitative estimate of drug-likeness (QED) is 0.525. The Balaban J connectivity index is 1.72. The zero-order chi connectivity index (χ0) is 19.9. The Morgan fingerprint density at radius 2 is 1.86 bits per heavy atom. The van der Waals surface area contributed by atoms with Crippen LogP contribution < -0.4 is 10.1 Å². The number of hydrogen-bond acceptors (Lipinski definition) is 6. The van der Waals surface area contributed by atoms with Crippen molar-refractivity contribution >= 4 is 35.2 Å². The summed E-state index contributed by atoms with van der Waals surface area (Å²) < 4.78 is 15.7. The molecule has 1 N–H and O–H groups in total. The lowest BCUT2D eigenvalue weighted by Crippen LogP contribution is -2.14. The molecule has 1 amide bonds. The third-order valence-electron chi connectivity index (χ3n) is 3.86. The van der Waals surface area contributed by atoms with E-state index in [1.54, 1.807) is 26.4 Å². The Labute approximate surface area is 172 Å². The van der Waals surface area contributed by atoms with Crippen LogP contribution in [0.15, 0.2) is 57.9 Å². The minimum absolute atomic E-state index is 0.198. The van der Waals surface area contributed by atoms with Crippen molar-refractivity contribution in [3.63, 3.8) is 0 Å². The van der Waals surface area contributed by atoms with E-state index in [1.807, 2.05) is 36.4 Å². The predicted octanol–water partition coefficient (Wildman–Crippen LogP) is 4.88. The van der Waals surface area contributed by atoms with Gasteiger partial charge in [-0.2, -0.15) is 0 Å². The van der Waals surface area contributed by atoms with Gasteiger partial charge in [0.15, 0.2) is 0 Å². The first kappa shape index (κ1) is 20.3. The zero-order valence-corrected chi connectivity index (χ0v) is 17.0. The summed E-state index contributed by atoms with van der Waals surface area (Å²) in [6, 6.07) is 14.7. The predicted molar refractivity (Wildman–Crippen MR) is 110 cm³/mol. The van der Waals surface area contributed by atoms with Crippen LogP contribution in [0.1, 0.15) is 5.69 Å². The van der Waals surface area contributed by atoms with E-state index in [0.717, 1.165) is 16.2 Å². The molecule has 28 heavy (non-hydrogen) atoms. The Morgan fingerprint density at radius 1 is 1.14 bits per heavy atom. The molecule has 0 saturated carbocycles. The lowest BCUT2D eigenvalue weighted by molar-refractivity contribution is -0.113. The fourth-order valence-corrected chi connectivity index (χ4v) is 3.37. The summed E-state index contributed by atoms with van der Waals surface area (Å²) in [5, 5.41) is 7.44. The first-order chi connectivity index (χ1) is 13.6. The van der Waals surface area contributed by atoms with Crippen LogP contribution in [-0.4, -0.2) is 31.0 Å². The third kappa shape index (κ3) is 5.07. The number of anilines is 1. The lowest BCUT2D eigenvalue weighted by Gasteiger charge is -2.07. The molecule has 3 rings (SSSR count). The zero-order valence-electron chi connectivity index (χ0n) is 15.4. The molecule has 0 aliphatic heterocycles. The number of nitrogens with one attached hydrogen (secondary N) is 1. The monoisotopic (exact) mass is 418 g/mol. The number of nitrogens with zero attached hydrogens (tertiary/aromatic N) is 1. The highest BCUT2D eigenvalue weighted by Crippen LogP contribution is 2.33. The van der Waals surface area contributed by atoms with Crippen LogP contribution in [0, 0.1) is 0 Å². The van der Waals surface area contributed by atoms with Gasteiger partial charge in [-0.3, -0.25) is 10.1 Å². The van der Waals surface area contributed by atoms with E-state index in [2.05, 4.69) is 10.5 Å². The van der Waals surface area contributed by atoms with Crippen LogP contribution in [0.5, 0.6) is 5.75 Å². The van der Waals surface area contributed by atoms with Crippen LogP contribution in [-0.2, 0) is 16.1 Å². The first-order valence-electron chi connectivity index (χ1n) is 8.41. The number of carbonyl (C=O) groups excluding carboxylic acids is 1. The smallest absolute Gasteiger partial charge is 0.239 e. The van der Waals surface area contributed by atoms with E-state index >= 15 is 0 Å². The number of amides is 1. The molecule has 0 atom stereocenters. The summed E-state index contributed by atoms with van der Waals surface area (Å²) in [5.41, 5.74) is 2.11. The van der Waals surface area contributed by atoms with Crippen molar-refractivity contribution in [2.24, 2.45) is 0 Å². The molecular weight excluding hydrogens is 400 g/mol. The molecule has 1 heterocycles. The number of carbonyl (C=O) groups is 1. The Kier molecular flexibility index (Phi) is 6.97. The number of ether oxygens (including phenoxy) is 2. The highest BCUT2D eigenvalue weighted by Gasteiger charge is 2.20. The maximum atomic E-state index is 12.4. The van der Waals surface area contributed by atoms with E-state index in [0.29, 0.717) is 16.3 Å². The Bertz CT molecular complexity index is 926. The van der Waals surface area contributed by atoms with Gasteiger partial charge in [-0.1, -0.05) is 28.9 Å². The molecule has 1 aromatic heterocycles. The van der Waals surface area contributed by atoms with E-state index in [1.165, 1.54) is 11.8 Å².